The number of carbonyl (C=O) groups is 1. The van der Waals surface area contributed by atoms with Crippen LogP contribution < -0.4 is 0 Å². The Morgan fingerprint density at radius 1 is 1.12 bits per heavy atom. The van der Waals surface area contributed by atoms with Crippen molar-refractivity contribution in [3.63, 3.8) is 0 Å². The first-order chi connectivity index (χ1) is 8.16. The smallest absolute Gasteiger partial charge is 0.129 e. The molecule has 17 heavy (non-hydrogen) atoms. The van der Waals surface area contributed by atoms with Gasteiger partial charge in [-0.2, -0.15) is 0 Å². The van der Waals surface area contributed by atoms with Crippen LogP contribution in [-0.4, -0.2) is 17.0 Å². The van der Waals surface area contributed by atoms with Crippen LogP contribution in [-0.2, 0) is 4.79 Å². The molecule has 0 amide bonds. The minimum absolute atomic E-state index is 0.147. The zero-order valence-corrected chi connectivity index (χ0v) is 11.3. The van der Waals surface area contributed by atoms with Crippen molar-refractivity contribution in [2.75, 3.05) is 0 Å². The van der Waals surface area contributed by atoms with Gasteiger partial charge in [-0.25, -0.2) is 0 Å². The van der Waals surface area contributed by atoms with Gasteiger partial charge in [0.25, 0.3) is 0 Å². The lowest BCUT2D eigenvalue weighted by molar-refractivity contribution is -0.117. The summed E-state index contributed by atoms with van der Waals surface area (Å²) < 4.78 is 0. The SMILES string of the molecule is C=CCCC(O)CCCCCCCCC(C)=O. The minimum atomic E-state index is -0.147. The number of ketones is 1. The first-order valence-electron chi connectivity index (χ1n) is 6.95. The third kappa shape index (κ3) is 13.3. The molecule has 0 aliphatic heterocycles. The molecular weight excluding hydrogens is 212 g/mol. The Kier molecular flexibility index (Phi) is 11.4. The van der Waals surface area contributed by atoms with Crippen LogP contribution in [0.2, 0.25) is 0 Å². The Morgan fingerprint density at radius 3 is 2.29 bits per heavy atom. The summed E-state index contributed by atoms with van der Waals surface area (Å²) in [4.78, 5) is 10.7. The molecule has 0 aliphatic carbocycles. The maximum atomic E-state index is 10.7. The van der Waals surface area contributed by atoms with Gasteiger partial charge in [0, 0.05) is 6.42 Å². The number of hydrogen-bond donors (Lipinski definition) is 1. The van der Waals surface area contributed by atoms with E-state index in [2.05, 4.69) is 6.58 Å². The van der Waals surface area contributed by atoms with Crippen molar-refractivity contribution in [2.24, 2.45) is 0 Å². The fourth-order valence-corrected chi connectivity index (χ4v) is 1.92. The highest BCUT2D eigenvalue weighted by molar-refractivity contribution is 5.75. The van der Waals surface area contributed by atoms with Gasteiger partial charge in [-0.05, 0) is 32.6 Å². The average Bonchev–Trinajstić information content (AvgIpc) is 2.29. The lowest BCUT2D eigenvalue weighted by atomic mass is 10.0. The average molecular weight is 240 g/mol. The predicted molar refractivity (Wildman–Crippen MR) is 73.1 cm³/mol. The van der Waals surface area contributed by atoms with Gasteiger partial charge in [0.2, 0.25) is 0 Å². The van der Waals surface area contributed by atoms with Crippen molar-refractivity contribution >= 4 is 5.78 Å². The summed E-state index contributed by atoms with van der Waals surface area (Å²) in [5, 5.41) is 9.60. The molecule has 0 aromatic carbocycles. The number of allylic oxidation sites excluding steroid dienone is 1. The number of unbranched alkanes of at least 4 members (excludes halogenated alkanes) is 5. The third-order valence-electron chi connectivity index (χ3n) is 3.02. The highest BCUT2D eigenvalue weighted by atomic mass is 16.3. The standard InChI is InChI=1S/C15H28O2/c1-3-4-12-15(17)13-10-8-6-5-7-9-11-14(2)16/h3,15,17H,1,4-13H2,2H3. The zero-order valence-electron chi connectivity index (χ0n) is 11.3. The summed E-state index contributed by atoms with van der Waals surface area (Å²) in [7, 11) is 0. The molecule has 0 saturated carbocycles. The maximum absolute atomic E-state index is 10.7. The fourth-order valence-electron chi connectivity index (χ4n) is 1.92. The number of aliphatic hydroxyl groups excluding tert-OH is 1. The number of aliphatic hydroxyl groups is 1. The Hall–Kier alpha value is -0.630. The number of Topliss-reactive ketones (excluding diaryl/α,β-unsaturated/α-hetero) is 1. The van der Waals surface area contributed by atoms with Crippen LogP contribution >= 0.6 is 0 Å². The Bertz CT molecular complexity index is 199. The third-order valence-corrected chi connectivity index (χ3v) is 3.02. The van der Waals surface area contributed by atoms with Crippen LogP contribution in [0.15, 0.2) is 12.7 Å². The van der Waals surface area contributed by atoms with E-state index in [9.17, 15) is 9.90 Å². The van der Waals surface area contributed by atoms with E-state index in [0.29, 0.717) is 5.78 Å². The highest BCUT2D eigenvalue weighted by Gasteiger charge is 2.02. The molecule has 2 heteroatoms. The lowest BCUT2D eigenvalue weighted by Gasteiger charge is -2.08. The van der Waals surface area contributed by atoms with E-state index in [-0.39, 0.29) is 6.10 Å². The van der Waals surface area contributed by atoms with Crippen molar-refractivity contribution in [2.45, 2.75) is 77.2 Å². The molecule has 0 aliphatic rings. The molecule has 0 saturated heterocycles. The van der Waals surface area contributed by atoms with Crippen molar-refractivity contribution in [3.05, 3.63) is 12.7 Å². The summed E-state index contributed by atoms with van der Waals surface area (Å²) in [5.74, 6) is 0.301. The van der Waals surface area contributed by atoms with Crippen molar-refractivity contribution < 1.29 is 9.90 Å². The molecule has 0 heterocycles. The summed E-state index contributed by atoms with van der Waals surface area (Å²) in [6.45, 7) is 5.31. The zero-order chi connectivity index (χ0) is 12.9. The second-order valence-electron chi connectivity index (χ2n) is 4.88. The lowest BCUT2D eigenvalue weighted by Crippen LogP contribution is -2.05. The van der Waals surface area contributed by atoms with Gasteiger partial charge in [-0.1, -0.05) is 38.2 Å². The fraction of sp³-hybridized carbons (Fsp3) is 0.800. The van der Waals surface area contributed by atoms with Crippen LogP contribution in [0.3, 0.4) is 0 Å². The molecule has 1 unspecified atom stereocenters. The monoisotopic (exact) mass is 240 g/mol. The Morgan fingerprint density at radius 2 is 1.71 bits per heavy atom. The topological polar surface area (TPSA) is 37.3 Å². The van der Waals surface area contributed by atoms with E-state index in [0.717, 1.165) is 38.5 Å². The van der Waals surface area contributed by atoms with E-state index in [4.69, 9.17) is 0 Å². The molecule has 100 valence electrons. The van der Waals surface area contributed by atoms with E-state index in [1.54, 1.807) is 6.92 Å². The van der Waals surface area contributed by atoms with Crippen LogP contribution in [0, 0.1) is 0 Å². The van der Waals surface area contributed by atoms with Gasteiger partial charge >= 0.3 is 0 Å². The largest absolute Gasteiger partial charge is 0.393 e. The molecule has 0 fully saturated rings. The summed E-state index contributed by atoms with van der Waals surface area (Å²) in [5.41, 5.74) is 0. The molecule has 0 spiro atoms. The summed E-state index contributed by atoms with van der Waals surface area (Å²) in [6, 6.07) is 0. The molecular formula is C15H28O2. The number of rotatable bonds is 12. The molecule has 2 nitrogen and oxygen atoms in total. The normalized spacial score (nSPS) is 12.4. The molecule has 0 rings (SSSR count). The Balaban J connectivity index is 3.12. The Labute approximate surface area is 106 Å². The van der Waals surface area contributed by atoms with Gasteiger partial charge in [0.05, 0.1) is 6.10 Å². The molecule has 1 N–H and O–H groups in total. The first-order valence-corrected chi connectivity index (χ1v) is 6.95. The van der Waals surface area contributed by atoms with Crippen molar-refractivity contribution in [3.8, 4) is 0 Å². The molecule has 0 aromatic heterocycles. The van der Waals surface area contributed by atoms with Crippen LogP contribution in [0.1, 0.15) is 71.1 Å². The van der Waals surface area contributed by atoms with Gasteiger partial charge in [0.15, 0.2) is 0 Å². The number of carbonyl (C=O) groups excluding carboxylic acids is 1. The van der Waals surface area contributed by atoms with Gasteiger partial charge in [-0.3, -0.25) is 0 Å². The summed E-state index contributed by atoms with van der Waals surface area (Å²) >= 11 is 0. The van der Waals surface area contributed by atoms with Gasteiger partial charge in [0.1, 0.15) is 5.78 Å². The van der Waals surface area contributed by atoms with Crippen molar-refractivity contribution in [1.82, 2.24) is 0 Å². The highest BCUT2D eigenvalue weighted by Crippen LogP contribution is 2.12. The van der Waals surface area contributed by atoms with E-state index in [1.807, 2.05) is 6.08 Å². The maximum Gasteiger partial charge on any atom is 0.129 e. The van der Waals surface area contributed by atoms with Gasteiger partial charge < -0.3 is 9.90 Å². The second kappa shape index (κ2) is 11.8. The first kappa shape index (κ1) is 16.4. The molecule has 0 aromatic rings. The minimum Gasteiger partial charge on any atom is -0.393 e. The summed E-state index contributed by atoms with van der Waals surface area (Å²) in [6.07, 6.45) is 12.1. The second-order valence-corrected chi connectivity index (χ2v) is 4.88. The molecule has 0 bridgehead atoms. The van der Waals surface area contributed by atoms with Crippen LogP contribution in [0.4, 0.5) is 0 Å². The molecule has 0 radical (unpaired) electrons. The van der Waals surface area contributed by atoms with Crippen LogP contribution in [0.5, 0.6) is 0 Å². The van der Waals surface area contributed by atoms with E-state index >= 15 is 0 Å². The van der Waals surface area contributed by atoms with Crippen LogP contribution in [0.25, 0.3) is 0 Å². The number of hydrogen-bond acceptors (Lipinski definition) is 2. The van der Waals surface area contributed by atoms with Gasteiger partial charge in [-0.15, -0.1) is 6.58 Å². The van der Waals surface area contributed by atoms with Crippen molar-refractivity contribution in [1.29, 1.82) is 0 Å². The van der Waals surface area contributed by atoms with E-state index in [1.165, 1.54) is 25.7 Å². The van der Waals surface area contributed by atoms with E-state index < -0.39 is 0 Å². The predicted octanol–water partition coefficient (Wildman–Crippen LogP) is 4.02. The molecule has 1 atom stereocenters. The quantitative estimate of drug-likeness (QED) is 0.413.